The van der Waals surface area contributed by atoms with Gasteiger partial charge in [0.25, 0.3) is 11.8 Å². The van der Waals surface area contributed by atoms with Crippen LogP contribution in [0.25, 0.3) is 0 Å². The Kier molecular flexibility index (Phi) is 5.68. The van der Waals surface area contributed by atoms with Gasteiger partial charge in [0.2, 0.25) is 0 Å². The van der Waals surface area contributed by atoms with E-state index >= 15 is 0 Å². The van der Waals surface area contributed by atoms with Gasteiger partial charge in [0, 0.05) is 11.6 Å². The predicted molar refractivity (Wildman–Crippen MR) is 102 cm³/mol. The Morgan fingerprint density at radius 3 is 2.33 bits per heavy atom. The summed E-state index contributed by atoms with van der Waals surface area (Å²) in [6, 6.07) is 17.4. The standard InChI is InChI=1S/C19H15N3O4S/c1-26-16(23)12-15-18(25)22(17(24)13-8-4-2-5-9-13)21-19(27-15)20-14-10-6-3-7-11-14/h2-12H,1H3,(H,20,21)/b15-12-. The van der Waals surface area contributed by atoms with Crippen molar-refractivity contribution in [2.24, 2.45) is 4.99 Å². The fourth-order valence-corrected chi connectivity index (χ4v) is 3.03. The van der Waals surface area contributed by atoms with E-state index < -0.39 is 17.8 Å². The third-order valence-electron chi connectivity index (χ3n) is 3.49. The van der Waals surface area contributed by atoms with Gasteiger partial charge in [-0.25, -0.2) is 9.79 Å². The van der Waals surface area contributed by atoms with E-state index in [1.807, 2.05) is 18.2 Å². The van der Waals surface area contributed by atoms with Crippen molar-refractivity contribution in [1.82, 2.24) is 10.4 Å². The highest BCUT2D eigenvalue weighted by Crippen LogP contribution is 2.27. The van der Waals surface area contributed by atoms with Crippen molar-refractivity contribution in [3.63, 3.8) is 0 Å². The first-order chi connectivity index (χ1) is 13.1. The predicted octanol–water partition coefficient (Wildman–Crippen LogP) is 2.65. The largest absolute Gasteiger partial charge is 0.466 e. The number of imide groups is 1. The number of esters is 1. The maximum atomic E-state index is 12.7. The highest BCUT2D eigenvalue weighted by molar-refractivity contribution is 8.18. The minimum absolute atomic E-state index is 0.0274. The average Bonchev–Trinajstić information content (AvgIpc) is 2.71. The molecule has 1 aliphatic heterocycles. The molecule has 0 spiro atoms. The second-order valence-corrected chi connectivity index (χ2v) is 6.34. The number of rotatable bonds is 3. The van der Waals surface area contributed by atoms with Crippen LogP contribution in [0.3, 0.4) is 0 Å². The van der Waals surface area contributed by atoms with Crippen molar-refractivity contribution in [1.29, 1.82) is 0 Å². The highest BCUT2D eigenvalue weighted by Gasteiger charge is 2.33. The molecule has 1 fully saturated rings. The molecule has 1 saturated heterocycles. The van der Waals surface area contributed by atoms with E-state index in [9.17, 15) is 14.4 Å². The molecule has 2 aromatic carbocycles. The summed E-state index contributed by atoms with van der Waals surface area (Å²) in [7, 11) is 1.21. The normalized spacial score (nSPS) is 16.9. The number of amidine groups is 1. The van der Waals surface area contributed by atoms with Crippen LogP contribution in [0.5, 0.6) is 0 Å². The van der Waals surface area contributed by atoms with Crippen molar-refractivity contribution in [3.05, 3.63) is 77.2 Å². The van der Waals surface area contributed by atoms with E-state index in [-0.39, 0.29) is 10.1 Å². The summed E-state index contributed by atoms with van der Waals surface area (Å²) >= 11 is 0.950. The molecule has 8 heteroatoms. The quantitative estimate of drug-likeness (QED) is 0.500. The number of nitrogens with one attached hydrogen (secondary N) is 1. The number of ether oxygens (including phenoxy) is 1. The molecular formula is C19H15N3O4S. The van der Waals surface area contributed by atoms with Crippen molar-refractivity contribution in [2.45, 2.75) is 0 Å². The summed E-state index contributed by atoms with van der Waals surface area (Å²) < 4.78 is 4.59. The minimum atomic E-state index is -0.695. The summed E-state index contributed by atoms with van der Waals surface area (Å²) in [6.07, 6.45) is 1.04. The van der Waals surface area contributed by atoms with Crippen molar-refractivity contribution >= 4 is 40.4 Å². The van der Waals surface area contributed by atoms with Crippen LogP contribution in [-0.2, 0) is 14.3 Å². The summed E-state index contributed by atoms with van der Waals surface area (Å²) in [4.78, 5) is 41.5. The number of amides is 2. The van der Waals surface area contributed by atoms with E-state index in [1.165, 1.54) is 7.11 Å². The van der Waals surface area contributed by atoms with Crippen LogP contribution in [0.1, 0.15) is 10.4 Å². The van der Waals surface area contributed by atoms with E-state index in [1.54, 1.807) is 42.5 Å². The number of para-hydroxylation sites is 1. The smallest absolute Gasteiger partial charge is 0.331 e. The van der Waals surface area contributed by atoms with Crippen LogP contribution < -0.4 is 5.43 Å². The maximum absolute atomic E-state index is 12.7. The molecule has 7 nitrogen and oxygen atoms in total. The minimum Gasteiger partial charge on any atom is -0.466 e. The molecule has 0 saturated carbocycles. The Bertz CT molecular complexity index is 926. The molecule has 1 N–H and O–H groups in total. The Balaban J connectivity index is 1.97. The van der Waals surface area contributed by atoms with Crippen LogP contribution in [0.15, 0.2) is 76.6 Å². The number of hydrazine groups is 1. The Hall–Kier alpha value is -3.39. The molecule has 0 unspecified atom stereocenters. The van der Waals surface area contributed by atoms with Gasteiger partial charge in [-0.3, -0.25) is 15.0 Å². The van der Waals surface area contributed by atoms with Crippen molar-refractivity contribution < 1.29 is 19.1 Å². The number of thioether (sulfide) groups is 1. The number of methoxy groups -OCH3 is 1. The Morgan fingerprint density at radius 2 is 1.70 bits per heavy atom. The number of hydrogen-bond donors (Lipinski definition) is 1. The fraction of sp³-hybridized carbons (Fsp3) is 0.0526. The summed E-state index contributed by atoms with van der Waals surface area (Å²) in [5.74, 6) is -1.91. The van der Waals surface area contributed by atoms with Gasteiger partial charge >= 0.3 is 5.97 Å². The Labute approximate surface area is 159 Å². The van der Waals surface area contributed by atoms with E-state index in [4.69, 9.17) is 0 Å². The molecule has 2 amide bonds. The van der Waals surface area contributed by atoms with Gasteiger partial charge in [-0.1, -0.05) is 36.4 Å². The van der Waals surface area contributed by atoms with Gasteiger partial charge in [0.05, 0.1) is 17.7 Å². The highest BCUT2D eigenvalue weighted by atomic mass is 32.2. The molecule has 0 atom stereocenters. The molecule has 1 aliphatic rings. The first-order valence-electron chi connectivity index (χ1n) is 7.90. The van der Waals surface area contributed by atoms with Crippen LogP contribution >= 0.6 is 11.8 Å². The number of hydrogen-bond acceptors (Lipinski definition) is 6. The van der Waals surface area contributed by atoms with Crippen LogP contribution in [-0.4, -0.2) is 35.1 Å². The number of benzene rings is 2. The molecule has 3 rings (SSSR count). The van der Waals surface area contributed by atoms with Gasteiger partial charge in [-0.2, -0.15) is 5.01 Å². The lowest BCUT2D eigenvalue weighted by Crippen LogP contribution is -2.52. The molecule has 0 bridgehead atoms. The van der Waals surface area contributed by atoms with Crippen molar-refractivity contribution in [3.8, 4) is 0 Å². The van der Waals surface area contributed by atoms with Gasteiger partial charge in [0.15, 0.2) is 5.17 Å². The van der Waals surface area contributed by atoms with E-state index in [0.29, 0.717) is 11.3 Å². The van der Waals surface area contributed by atoms with Gasteiger partial charge in [0.1, 0.15) is 0 Å². The lowest BCUT2D eigenvalue weighted by molar-refractivity contribution is -0.135. The SMILES string of the molecule is COC(=O)/C=C1\SC(=Nc2ccccc2)NN(C(=O)c2ccccc2)C1=O. The zero-order valence-electron chi connectivity index (χ0n) is 14.3. The molecule has 2 aromatic rings. The monoisotopic (exact) mass is 381 g/mol. The zero-order chi connectivity index (χ0) is 19.2. The number of carbonyl (C=O) groups excluding carboxylic acids is 3. The van der Waals surface area contributed by atoms with Gasteiger partial charge in [-0.05, 0) is 36.0 Å². The first-order valence-corrected chi connectivity index (χ1v) is 8.72. The molecule has 136 valence electrons. The summed E-state index contributed by atoms with van der Waals surface area (Å²) in [5, 5.41) is 1.11. The number of nitrogens with zero attached hydrogens (tertiary/aromatic N) is 2. The number of carbonyl (C=O) groups is 3. The van der Waals surface area contributed by atoms with Gasteiger partial charge in [-0.15, -0.1) is 0 Å². The zero-order valence-corrected chi connectivity index (χ0v) is 15.1. The third kappa shape index (κ3) is 4.42. The van der Waals surface area contributed by atoms with E-state index in [0.717, 1.165) is 22.8 Å². The van der Waals surface area contributed by atoms with Gasteiger partial charge < -0.3 is 4.74 Å². The van der Waals surface area contributed by atoms with Crippen LogP contribution in [0, 0.1) is 0 Å². The second-order valence-electron chi connectivity index (χ2n) is 5.31. The molecule has 27 heavy (non-hydrogen) atoms. The number of aliphatic imine (C=N–C) groups is 1. The first kappa shape index (κ1) is 18.4. The lowest BCUT2D eigenvalue weighted by atomic mass is 10.2. The maximum Gasteiger partial charge on any atom is 0.331 e. The van der Waals surface area contributed by atoms with Crippen molar-refractivity contribution in [2.75, 3.05) is 7.11 Å². The molecule has 0 aliphatic carbocycles. The lowest BCUT2D eigenvalue weighted by Gasteiger charge is -2.28. The fourth-order valence-electron chi connectivity index (χ4n) is 2.20. The van der Waals surface area contributed by atoms with E-state index in [2.05, 4.69) is 15.2 Å². The van der Waals surface area contributed by atoms with Crippen LogP contribution in [0.2, 0.25) is 0 Å². The molecule has 0 radical (unpaired) electrons. The Morgan fingerprint density at radius 1 is 1.07 bits per heavy atom. The average molecular weight is 381 g/mol. The second kappa shape index (κ2) is 8.33. The summed E-state index contributed by atoms with van der Waals surface area (Å²) in [5.41, 5.74) is 3.68. The molecule has 1 heterocycles. The summed E-state index contributed by atoms with van der Waals surface area (Å²) in [6.45, 7) is 0. The third-order valence-corrected chi connectivity index (χ3v) is 4.38. The molecule has 0 aromatic heterocycles. The van der Waals surface area contributed by atoms with Crippen LogP contribution in [0.4, 0.5) is 5.69 Å². The topological polar surface area (TPSA) is 88.1 Å². The molecular weight excluding hydrogens is 366 g/mol.